The zero-order valence-corrected chi connectivity index (χ0v) is 14.6. The lowest BCUT2D eigenvalue weighted by Gasteiger charge is -2.27. The highest BCUT2D eigenvalue weighted by Crippen LogP contribution is 2.29. The number of benzene rings is 2. The molecule has 5 heteroatoms. The van der Waals surface area contributed by atoms with Gasteiger partial charge in [0.2, 0.25) is 10.0 Å². The third kappa shape index (κ3) is 3.37. The van der Waals surface area contributed by atoms with Gasteiger partial charge in [-0.15, -0.1) is 0 Å². The Labute approximate surface area is 143 Å². The number of nitrogens with two attached hydrogens (primary N) is 1. The highest BCUT2D eigenvalue weighted by Gasteiger charge is 2.19. The van der Waals surface area contributed by atoms with Crippen molar-refractivity contribution in [3.8, 4) is 0 Å². The van der Waals surface area contributed by atoms with Crippen molar-refractivity contribution in [1.82, 2.24) is 0 Å². The van der Waals surface area contributed by atoms with Gasteiger partial charge in [0.15, 0.2) is 0 Å². The van der Waals surface area contributed by atoms with Crippen LogP contribution in [-0.4, -0.2) is 8.42 Å². The quantitative estimate of drug-likeness (QED) is 0.906. The maximum Gasteiger partial charge on any atom is 0.238 e. The van der Waals surface area contributed by atoms with Crippen LogP contribution in [0.1, 0.15) is 30.0 Å². The molecule has 1 heterocycles. The fraction of sp³-hybridized carbons (Fsp3) is 0.263. The molecule has 0 amide bonds. The number of hydrogen-bond acceptors (Lipinski definition) is 3. The van der Waals surface area contributed by atoms with E-state index in [-0.39, 0.29) is 4.90 Å². The fourth-order valence-electron chi connectivity index (χ4n) is 3.23. The molecule has 0 atom stereocenters. The maximum absolute atomic E-state index is 11.9. The molecule has 1 aliphatic rings. The number of sulfonamides is 1. The number of fused-ring (bicyclic) bond motifs is 1. The lowest BCUT2D eigenvalue weighted by Crippen LogP contribution is -2.22. The average Bonchev–Trinajstić information content (AvgIpc) is 2.56. The predicted molar refractivity (Wildman–Crippen MR) is 97.3 cm³/mol. The summed E-state index contributed by atoms with van der Waals surface area (Å²) in [6.07, 6.45) is 6.69. The van der Waals surface area contributed by atoms with Gasteiger partial charge in [0.25, 0.3) is 0 Å². The normalized spacial score (nSPS) is 13.8. The first kappa shape index (κ1) is 16.7. The van der Waals surface area contributed by atoms with Gasteiger partial charge in [-0.25, -0.2) is 13.6 Å². The molecule has 0 saturated carbocycles. The summed E-state index contributed by atoms with van der Waals surface area (Å²) in [4.78, 5) is 2.41. The van der Waals surface area contributed by atoms with Crippen LogP contribution < -0.4 is 10.0 Å². The minimum Gasteiger partial charge on any atom is -0.344 e. The summed E-state index contributed by atoms with van der Waals surface area (Å²) in [7, 11) is -3.72. The standard InChI is InChI=1S/C19H22N2O2S/c1-2-7-17-16(9-5-12-19(17)24(20,22)23)14-21-13-6-10-15-8-3-4-11-18(15)21/h3-6,8-9,11-13H,2,7,10,14H2,1H3,(H2,20,22,23). The Kier molecular flexibility index (Phi) is 4.73. The van der Waals surface area contributed by atoms with Crippen LogP contribution in [0.25, 0.3) is 0 Å². The van der Waals surface area contributed by atoms with Gasteiger partial charge in [-0.2, -0.15) is 0 Å². The molecule has 0 saturated heterocycles. The molecule has 0 fully saturated rings. The number of hydrogen-bond donors (Lipinski definition) is 1. The number of rotatable bonds is 5. The Morgan fingerprint density at radius 1 is 1.12 bits per heavy atom. The van der Waals surface area contributed by atoms with Crippen molar-refractivity contribution < 1.29 is 8.42 Å². The largest absolute Gasteiger partial charge is 0.344 e. The molecule has 0 spiro atoms. The second-order valence-electron chi connectivity index (χ2n) is 6.03. The zero-order chi connectivity index (χ0) is 17.2. The lowest BCUT2D eigenvalue weighted by molar-refractivity contribution is 0.596. The molecule has 2 aromatic rings. The Bertz CT molecular complexity index is 873. The van der Waals surface area contributed by atoms with E-state index in [2.05, 4.69) is 29.3 Å². The topological polar surface area (TPSA) is 63.4 Å². The van der Waals surface area contributed by atoms with Crippen LogP contribution in [0.15, 0.2) is 59.6 Å². The summed E-state index contributed by atoms with van der Waals surface area (Å²) in [6.45, 7) is 2.67. The number of anilines is 1. The second kappa shape index (κ2) is 6.79. The van der Waals surface area contributed by atoms with Crippen molar-refractivity contribution in [3.63, 3.8) is 0 Å². The Hall–Kier alpha value is -2.11. The molecule has 0 aliphatic carbocycles. The first-order valence-electron chi connectivity index (χ1n) is 8.15. The molecule has 4 nitrogen and oxygen atoms in total. The van der Waals surface area contributed by atoms with Crippen LogP contribution in [0.5, 0.6) is 0 Å². The van der Waals surface area contributed by atoms with E-state index >= 15 is 0 Å². The smallest absolute Gasteiger partial charge is 0.238 e. The number of allylic oxidation sites excluding steroid dienone is 1. The van der Waals surface area contributed by atoms with Crippen molar-refractivity contribution >= 4 is 15.7 Å². The summed E-state index contributed by atoms with van der Waals surface area (Å²) in [5, 5.41) is 5.41. The summed E-state index contributed by atoms with van der Waals surface area (Å²) in [5.41, 5.74) is 4.28. The molecule has 24 heavy (non-hydrogen) atoms. The Balaban J connectivity index is 2.01. The summed E-state index contributed by atoms with van der Waals surface area (Å²) in [6, 6.07) is 13.7. The van der Waals surface area contributed by atoms with E-state index < -0.39 is 10.0 Å². The molecule has 0 radical (unpaired) electrons. The lowest BCUT2D eigenvalue weighted by atomic mass is 10.0. The van der Waals surface area contributed by atoms with Gasteiger partial charge in [-0.05, 0) is 41.7 Å². The maximum atomic E-state index is 11.9. The Morgan fingerprint density at radius 3 is 2.67 bits per heavy atom. The average molecular weight is 342 g/mol. The van der Waals surface area contributed by atoms with Crippen molar-refractivity contribution in [3.05, 3.63) is 71.4 Å². The molecule has 2 aromatic carbocycles. The molecule has 2 N–H and O–H groups in total. The third-order valence-electron chi connectivity index (χ3n) is 4.30. The van der Waals surface area contributed by atoms with Crippen LogP contribution in [0.3, 0.4) is 0 Å². The van der Waals surface area contributed by atoms with Crippen LogP contribution in [-0.2, 0) is 29.4 Å². The van der Waals surface area contributed by atoms with Crippen molar-refractivity contribution in [2.45, 2.75) is 37.6 Å². The molecule has 0 bridgehead atoms. The molecule has 126 valence electrons. The fourth-order valence-corrected chi connectivity index (χ4v) is 4.08. The molecule has 3 rings (SSSR count). The minimum atomic E-state index is -3.72. The van der Waals surface area contributed by atoms with E-state index in [0.29, 0.717) is 13.0 Å². The van der Waals surface area contributed by atoms with Gasteiger partial charge in [-0.3, -0.25) is 0 Å². The van der Waals surface area contributed by atoms with Gasteiger partial charge in [0, 0.05) is 18.4 Å². The predicted octanol–water partition coefficient (Wildman–Crippen LogP) is 3.36. The van der Waals surface area contributed by atoms with E-state index in [0.717, 1.165) is 24.0 Å². The van der Waals surface area contributed by atoms with Crippen molar-refractivity contribution in [2.75, 3.05) is 4.90 Å². The monoisotopic (exact) mass is 342 g/mol. The van der Waals surface area contributed by atoms with Crippen LogP contribution >= 0.6 is 0 Å². The first-order valence-corrected chi connectivity index (χ1v) is 9.70. The molecule has 0 unspecified atom stereocenters. The van der Waals surface area contributed by atoms with E-state index in [4.69, 9.17) is 5.14 Å². The van der Waals surface area contributed by atoms with Gasteiger partial charge < -0.3 is 4.90 Å². The number of primary sulfonamides is 1. The highest BCUT2D eigenvalue weighted by atomic mass is 32.2. The van der Waals surface area contributed by atoms with E-state index in [1.165, 1.54) is 11.3 Å². The molecular formula is C19H22N2O2S. The summed E-state index contributed by atoms with van der Waals surface area (Å²) in [5.74, 6) is 0. The molecular weight excluding hydrogens is 320 g/mol. The van der Waals surface area contributed by atoms with Gasteiger partial charge in [0.05, 0.1) is 4.90 Å². The Morgan fingerprint density at radius 2 is 1.92 bits per heavy atom. The van der Waals surface area contributed by atoms with Crippen LogP contribution in [0.4, 0.5) is 5.69 Å². The highest BCUT2D eigenvalue weighted by molar-refractivity contribution is 7.89. The van der Waals surface area contributed by atoms with Crippen LogP contribution in [0, 0.1) is 0 Å². The number of para-hydroxylation sites is 1. The second-order valence-corrected chi connectivity index (χ2v) is 7.56. The van der Waals surface area contributed by atoms with E-state index in [1.807, 2.05) is 25.1 Å². The third-order valence-corrected chi connectivity index (χ3v) is 5.30. The molecule has 1 aliphatic heterocycles. The SMILES string of the molecule is CCCc1c(CN2C=CCc3ccccc32)cccc1S(N)(=O)=O. The first-order chi connectivity index (χ1) is 11.5. The van der Waals surface area contributed by atoms with Crippen LogP contribution in [0.2, 0.25) is 0 Å². The minimum absolute atomic E-state index is 0.246. The van der Waals surface area contributed by atoms with Gasteiger partial charge in [-0.1, -0.05) is 49.8 Å². The summed E-state index contributed by atoms with van der Waals surface area (Å²) < 4.78 is 23.8. The summed E-state index contributed by atoms with van der Waals surface area (Å²) >= 11 is 0. The van der Waals surface area contributed by atoms with Gasteiger partial charge >= 0.3 is 0 Å². The van der Waals surface area contributed by atoms with E-state index in [9.17, 15) is 8.42 Å². The van der Waals surface area contributed by atoms with Gasteiger partial charge in [0.1, 0.15) is 0 Å². The van der Waals surface area contributed by atoms with Crippen molar-refractivity contribution in [2.24, 2.45) is 5.14 Å². The van der Waals surface area contributed by atoms with Crippen molar-refractivity contribution in [1.29, 1.82) is 0 Å². The number of nitrogens with zero attached hydrogens (tertiary/aromatic N) is 1. The molecule has 0 aromatic heterocycles. The zero-order valence-electron chi connectivity index (χ0n) is 13.8. The van der Waals surface area contributed by atoms with E-state index in [1.54, 1.807) is 12.1 Å².